The van der Waals surface area contributed by atoms with Crippen LogP contribution in [-0.4, -0.2) is 47.9 Å². The average Bonchev–Trinajstić information content (AvgIpc) is 3.08. The number of ether oxygens (including phenoxy) is 1. The van der Waals surface area contributed by atoms with E-state index in [1.54, 1.807) is 0 Å². The molecular weight excluding hydrogens is 495 g/mol. The number of hydrogen-bond donors (Lipinski definition) is 1. The van der Waals surface area contributed by atoms with Crippen LogP contribution in [0.15, 0.2) is 65.6 Å². The predicted molar refractivity (Wildman–Crippen MR) is 126 cm³/mol. The Kier molecular flexibility index (Phi) is 5.74. The number of aromatic amines is 1. The SMILES string of the molecule is Cc1nc2ccc(-c3ccc4c(c3)CN(C(=O)c3ccc(S(=O)(=O)C(F)(F)F)cc3)CCO4)cc2[nH]1. The molecule has 2 heterocycles. The smallest absolute Gasteiger partial charge is 0.491 e. The Bertz CT molecular complexity index is 1580. The molecule has 0 radical (unpaired) electrons. The van der Waals surface area contributed by atoms with Crippen molar-refractivity contribution >= 4 is 26.8 Å². The van der Waals surface area contributed by atoms with Crippen LogP contribution >= 0.6 is 0 Å². The van der Waals surface area contributed by atoms with E-state index in [9.17, 15) is 26.4 Å². The molecule has 0 saturated heterocycles. The van der Waals surface area contributed by atoms with Gasteiger partial charge in [0, 0.05) is 17.7 Å². The third-order valence-electron chi connectivity index (χ3n) is 5.98. The molecule has 5 rings (SSSR count). The van der Waals surface area contributed by atoms with Gasteiger partial charge in [-0.2, -0.15) is 13.2 Å². The molecule has 36 heavy (non-hydrogen) atoms. The first-order valence-electron chi connectivity index (χ1n) is 11.0. The van der Waals surface area contributed by atoms with Gasteiger partial charge in [0.05, 0.1) is 22.5 Å². The van der Waals surface area contributed by atoms with Crippen molar-refractivity contribution in [3.05, 3.63) is 77.6 Å². The molecular formula is C25H20F3N3O4S. The van der Waals surface area contributed by atoms with Gasteiger partial charge < -0.3 is 14.6 Å². The van der Waals surface area contributed by atoms with Crippen LogP contribution in [0.4, 0.5) is 13.2 Å². The monoisotopic (exact) mass is 515 g/mol. The van der Waals surface area contributed by atoms with Crippen LogP contribution in [-0.2, 0) is 16.4 Å². The number of nitrogens with one attached hydrogen (secondary N) is 1. The van der Waals surface area contributed by atoms with Gasteiger partial charge in [-0.3, -0.25) is 4.79 Å². The normalized spacial score (nSPS) is 14.3. The summed E-state index contributed by atoms with van der Waals surface area (Å²) in [6.45, 7) is 2.59. The van der Waals surface area contributed by atoms with Crippen molar-refractivity contribution in [3.63, 3.8) is 0 Å². The third kappa shape index (κ3) is 4.30. The van der Waals surface area contributed by atoms with Crippen molar-refractivity contribution in [3.8, 4) is 16.9 Å². The molecule has 0 atom stereocenters. The largest absolute Gasteiger partial charge is 0.501 e. The number of nitrogens with zero attached hydrogens (tertiary/aromatic N) is 2. The lowest BCUT2D eigenvalue weighted by atomic mass is 10.0. The van der Waals surface area contributed by atoms with Gasteiger partial charge in [-0.25, -0.2) is 13.4 Å². The molecule has 0 aliphatic carbocycles. The van der Waals surface area contributed by atoms with Crippen LogP contribution < -0.4 is 4.74 Å². The number of H-pyrrole nitrogens is 1. The zero-order valence-corrected chi connectivity index (χ0v) is 19.8. The van der Waals surface area contributed by atoms with E-state index < -0.39 is 26.1 Å². The predicted octanol–water partition coefficient (Wildman–Crippen LogP) is 4.87. The number of alkyl halides is 3. The molecule has 3 aromatic carbocycles. The molecule has 11 heteroatoms. The van der Waals surface area contributed by atoms with E-state index in [1.165, 1.54) is 4.90 Å². The maximum atomic E-state index is 13.1. The summed E-state index contributed by atoms with van der Waals surface area (Å²) in [5, 5.41) is 0. The number of carbonyl (C=O) groups excluding carboxylic acids is 1. The zero-order chi connectivity index (χ0) is 25.7. The second-order valence-electron chi connectivity index (χ2n) is 8.43. The Morgan fingerprint density at radius 3 is 2.44 bits per heavy atom. The second kappa shape index (κ2) is 8.66. The van der Waals surface area contributed by atoms with E-state index in [-0.39, 0.29) is 25.3 Å². The summed E-state index contributed by atoms with van der Waals surface area (Å²) in [5.74, 6) is 1.01. The van der Waals surface area contributed by atoms with Gasteiger partial charge in [0.25, 0.3) is 15.7 Å². The summed E-state index contributed by atoms with van der Waals surface area (Å²) in [6, 6.07) is 15.4. The van der Waals surface area contributed by atoms with Crippen LogP contribution in [0.2, 0.25) is 0 Å². The standard InChI is InChI=1S/C25H20F3N3O4S/c1-15-29-21-8-4-18(13-22(21)30-15)17-5-9-23-19(12-17)14-31(10-11-35-23)24(32)16-2-6-20(7-3-16)36(33,34)25(26,27)28/h2-9,12-13H,10-11,14H2,1H3,(H,29,30). The lowest BCUT2D eigenvalue weighted by Crippen LogP contribution is -2.32. The molecule has 0 bridgehead atoms. The molecule has 0 spiro atoms. The van der Waals surface area contributed by atoms with Crippen molar-refractivity contribution in [2.24, 2.45) is 0 Å². The van der Waals surface area contributed by atoms with Crippen LogP contribution in [0.3, 0.4) is 0 Å². The number of amides is 1. The maximum Gasteiger partial charge on any atom is 0.501 e. The summed E-state index contributed by atoms with van der Waals surface area (Å²) in [4.78, 5) is 21.3. The molecule has 7 nitrogen and oxygen atoms in total. The van der Waals surface area contributed by atoms with Gasteiger partial charge in [-0.15, -0.1) is 0 Å². The highest BCUT2D eigenvalue weighted by molar-refractivity contribution is 7.92. The number of rotatable bonds is 3. The molecule has 1 aliphatic heterocycles. The third-order valence-corrected chi connectivity index (χ3v) is 7.48. The van der Waals surface area contributed by atoms with Gasteiger partial charge in [0.15, 0.2) is 0 Å². The van der Waals surface area contributed by atoms with E-state index in [0.717, 1.165) is 57.8 Å². The van der Waals surface area contributed by atoms with E-state index in [1.807, 2.05) is 43.3 Å². The number of aryl methyl sites for hydroxylation is 1. The fraction of sp³-hybridized carbons (Fsp3) is 0.200. The van der Waals surface area contributed by atoms with Crippen LogP contribution in [0.25, 0.3) is 22.2 Å². The Hall–Kier alpha value is -3.86. The lowest BCUT2D eigenvalue weighted by Gasteiger charge is -2.20. The molecule has 1 N–H and O–H groups in total. The summed E-state index contributed by atoms with van der Waals surface area (Å²) < 4.78 is 67.4. The molecule has 4 aromatic rings. The summed E-state index contributed by atoms with van der Waals surface area (Å²) in [7, 11) is -5.48. The molecule has 0 fully saturated rings. The number of carbonyl (C=O) groups is 1. The van der Waals surface area contributed by atoms with E-state index in [2.05, 4.69) is 9.97 Å². The highest BCUT2D eigenvalue weighted by atomic mass is 32.2. The topological polar surface area (TPSA) is 92.4 Å². The number of fused-ring (bicyclic) bond motifs is 2. The second-order valence-corrected chi connectivity index (χ2v) is 10.4. The van der Waals surface area contributed by atoms with Crippen molar-refractivity contribution < 1.29 is 31.1 Å². The van der Waals surface area contributed by atoms with Crippen LogP contribution in [0, 0.1) is 6.92 Å². The number of halogens is 3. The minimum Gasteiger partial charge on any atom is -0.491 e. The molecule has 0 unspecified atom stereocenters. The fourth-order valence-corrected chi connectivity index (χ4v) is 4.92. The Labute approximate surface area is 204 Å². The van der Waals surface area contributed by atoms with E-state index in [0.29, 0.717) is 5.75 Å². The number of hydrogen-bond acceptors (Lipinski definition) is 5. The lowest BCUT2D eigenvalue weighted by molar-refractivity contribution is -0.0436. The van der Waals surface area contributed by atoms with Gasteiger partial charge >= 0.3 is 5.51 Å². The fourth-order valence-electron chi connectivity index (χ4n) is 4.16. The average molecular weight is 516 g/mol. The number of aromatic nitrogens is 2. The van der Waals surface area contributed by atoms with Gasteiger partial charge in [-0.1, -0.05) is 12.1 Å². The number of sulfone groups is 1. The van der Waals surface area contributed by atoms with Crippen molar-refractivity contribution in [1.29, 1.82) is 0 Å². The minimum absolute atomic E-state index is 0.0794. The highest BCUT2D eigenvalue weighted by Gasteiger charge is 2.46. The molecule has 1 aromatic heterocycles. The van der Waals surface area contributed by atoms with E-state index in [4.69, 9.17) is 4.74 Å². The minimum atomic E-state index is -5.48. The van der Waals surface area contributed by atoms with Gasteiger partial charge in [-0.05, 0) is 66.6 Å². The van der Waals surface area contributed by atoms with Crippen LogP contribution in [0.5, 0.6) is 5.75 Å². The van der Waals surface area contributed by atoms with Crippen molar-refractivity contribution in [2.75, 3.05) is 13.2 Å². The Balaban J connectivity index is 1.40. The first kappa shape index (κ1) is 23.9. The molecule has 186 valence electrons. The number of imidazole rings is 1. The summed E-state index contributed by atoms with van der Waals surface area (Å²) in [6.07, 6.45) is 0. The molecule has 1 amide bonds. The van der Waals surface area contributed by atoms with Crippen LogP contribution in [0.1, 0.15) is 21.7 Å². The first-order chi connectivity index (χ1) is 17.0. The summed E-state index contributed by atoms with van der Waals surface area (Å²) in [5.41, 5.74) is -0.918. The quantitative estimate of drug-likeness (QED) is 0.421. The Morgan fingerprint density at radius 2 is 1.72 bits per heavy atom. The zero-order valence-electron chi connectivity index (χ0n) is 19.0. The Morgan fingerprint density at radius 1 is 1.03 bits per heavy atom. The maximum absolute atomic E-state index is 13.1. The summed E-state index contributed by atoms with van der Waals surface area (Å²) >= 11 is 0. The highest BCUT2D eigenvalue weighted by Crippen LogP contribution is 2.32. The van der Waals surface area contributed by atoms with Gasteiger partial charge in [0.1, 0.15) is 18.2 Å². The number of benzene rings is 3. The molecule has 0 saturated carbocycles. The van der Waals surface area contributed by atoms with Gasteiger partial charge in [0.2, 0.25) is 0 Å². The molecule has 1 aliphatic rings. The van der Waals surface area contributed by atoms with Crippen molar-refractivity contribution in [2.45, 2.75) is 23.9 Å². The van der Waals surface area contributed by atoms with Crippen molar-refractivity contribution in [1.82, 2.24) is 14.9 Å². The van der Waals surface area contributed by atoms with E-state index >= 15 is 0 Å². The first-order valence-corrected chi connectivity index (χ1v) is 12.4.